The Morgan fingerprint density at radius 3 is 2.65 bits per heavy atom. The van der Waals surface area contributed by atoms with Gasteiger partial charge in [-0.05, 0) is 42.7 Å². The van der Waals surface area contributed by atoms with Crippen molar-refractivity contribution >= 4 is 11.6 Å². The summed E-state index contributed by atoms with van der Waals surface area (Å²) in [6, 6.07) is 13.8. The Hall–Kier alpha value is -1.55. The Morgan fingerprint density at radius 2 is 2.00 bits per heavy atom. The zero-order valence-corrected chi connectivity index (χ0v) is 12.4. The van der Waals surface area contributed by atoms with Crippen molar-refractivity contribution in [1.82, 2.24) is 5.43 Å². The molecule has 20 heavy (non-hydrogen) atoms. The maximum Gasteiger partial charge on any atom is 0.123 e. The number of hydrogen-bond acceptors (Lipinski definition) is 3. The van der Waals surface area contributed by atoms with Crippen LogP contribution in [0, 0.1) is 6.92 Å². The Balaban J connectivity index is 2.33. The minimum atomic E-state index is -0.0512. The normalized spacial score (nSPS) is 12.2. The third-order valence-electron chi connectivity index (χ3n) is 3.45. The van der Waals surface area contributed by atoms with Crippen LogP contribution in [0.15, 0.2) is 42.5 Å². The summed E-state index contributed by atoms with van der Waals surface area (Å²) in [5.41, 5.74) is 6.31. The molecule has 0 amide bonds. The Kier molecular flexibility index (Phi) is 5.01. The molecule has 3 N–H and O–H groups in total. The number of ether oxygens (including phenoxy) is 1. The van der Waals surface area contributed by atoms with Crippen molar-refractivity contribution in [3.05, 3.63) is 64.2 Å². The number of nitrogens with two attached hydrogens (primary N) is 1. The third-order valence-corrected chi connectivity index (χ3v) is 3.69. The second-order valence-corrected chi connectivity index (χ2v) is 5.17. The molecule has 2 rings (SSSR count). The van der Waals surface area contributed by atoms with E-state index in [4.69, 9.17) is 22.2 Å². The molecule has 0 aliphatic carbocycles. The summed E-state index contributed by atoms with van der Waals surface area (Å²) >= 11 is 6.08. The summed E-state index contributed by atoms with van der Waals surface area (Å²) in [7, 11) is 1.65. The van der Waals surface area contributed by atoms with E-state index < -0.39 is 0 Å². The SMILES string of the molecule is COc1ccc(Cl)cc1C(Cc1ccccc1C)NN. The number of benzene rings is 2. The molecule has 0 saturated heterocycles. The number of rotatable bonds is 5. The van der Waals surface area contributed by atoms with Gasteiger partial charge in [-0.15, -0.1) is 0 Å². The second-order valence-electron chi connectivity index (χ2n) is 4.74. The van der Waals surface area contributed by atoms with Gasteiger partial charge < -0.3 is 4.74 Å². The van der Waals surface area contributed by atoms with Crippen LogP contribution in [0.4, 0.5) is 0 Å². The van der Waals surface area contributed by atoms with E-state index in [1.165, 1.54) is 11.1 Å². The van der Waals surface area contributed by atoms with Crippen molar-refractivity contribution in [2.24, 2.45) is 5.84 Å². The van der Waals surface area contributed by atoms with E-state index in [2.05, 4.69) is 24.5 Å². The highest BCUT2D eigenvalue weighted by molar-refractivity contribution is 6.30. The molecule has 4 heteroatoms. The van der Waals surface area contributed by atoms with Crippen molar-refractivity contribution in [3.63, 3.8) is 0 Å². The largest absolute Gasteiger partial charge is 0.496 e. The first kappa shape index (κ1) is 14.9. The molecule has 2 aromatic carbocycles. The van der Waals surface area contributed by atoms with E-state index in [0.717, 1.165) is 17.7 Å². The van der Waals surface area contributed by atoms with Crippen LogP contribution in [-0.4, -0.2) is 7.11 Å². The first-order valence-corrected chi connectivity index (χ1v) is 6.87. The predicted molar refractivity (Wildman–Crippen MR) is 83.0 cm³/mol. The van der Waals surface area contributed by atoms with Gasteiger partial charge in [0.2, 0.25) is 0 Å². The smallest absolute Gasteiger partial charge is 0.123 e. The highest BCUT2D eigenvalue weighted by atomic mass is 35.5. The van der Waals surface area contributed by atoms with Gasteiger partial charge in [-0.25, -0.2) is 0 Å². The molecule has 3 nitrogen and oxygen atoms in total. The van der Waals surface area contributed by atoms with Crippen LogP contribution in [-0.2, 0) is 6.42 Å². The van der Waals surface area contributed by atoms with Crippen LogP contribution >= 0.6 is 11.6 Å². The highest BCUT2D eigenvalue weighted by Crippen LogP contribution is 2.30. The van der Waals surface area contributed by atoms with Gasteiger partial charge in [0.15, 0.2) is 0 Å². The molecule has 0 saturated carbocycles. The summed E-state index contributed by atoms with van der Waals surface area (Å²) in [5.74, 6) is 6.51. The van der Waals surface area contributed by atoms with Crippen LogP contribution < -0.4 is 16.0 Å². The van der Waals surface area contributed by atoms with Gasteiger partial charge in [0, 0.05) is 10.6 Å². The number of methoxy groups -OCH3 is 1. The maximum absolute atomic E-state index is 6.08. The Labute approximate surface area is 124 Å². The maximum atomic E-state index is 6.08. The van der Waals surface area contributed by atoms with Gasteiger partial charge in [-0.2, -0.15) is 0 Å². The number of halogens is 1. The first-order valence-electron chi connectivity index (χ1n) is 6.49. The molecule has 0 fully saturated rings. The molecule has 1 unspecified atom stereocenters. The van der Waals surface area contributed by atoms with E-state index in [0.29, 0.717) is 5.02 Å². The van der Waals surface area contributed by atoms with E-state index in [1.54, 1.807) is 7.11 Å². The third kappa shape index (κ3) is 3.31. The summed E-state index contributed by atoms with van der Waals surface area (Å²) in [6.45, 7) is 2.10. The van der Waals surface area contributed by atoms with Gasteiger partial charge in [0.25, 0.3) is 0 Å². The highest BCUT2D eigenvalue weighted by Gasteiger charge is 2.16. The molecule has 0 spiro atoms. The van der Waals surface area contributed by atoms with Crippen LogP contribution in [0.5, 0.6) is 5.75 Å². The summed E-state index contributed by atoms with van der Waals surface area (Å²) in [6.07, 6.45) is 0.778. The van der Waals surface area contributed by atoms with Gasteiger partial charge in [0.1, 0.15) is 5.75 Å². The molecule has 106 valence electrons. The first-order chi connectivity index (χ1) is 9.65. The van der Waals surface area contributed by atoms with Gasteiger partial charge in [0.05, 0.1) is 13.2 Å². The summed E-state index contributed by atoms with van der Waals surface area (Å²) in [4.78, 5) is 0. The molecule has 0 aromatic heterocycles. The predicted octanol–water partition coefficient (Wildman–Crippen LogP) is 3.40. The van der Waals surface area contributed by atoms with Crippen LogP contribution in [0.1, 0.15) is 22.7 Å². The molecular formula is C16H19ClN2O. The van der Waals surface area contributed by atoms with Crippen LogP contribution in [0.2, 0.25) is 5.02 Å². The fourth-order valence-corrected chi connectivity index (χ4v) is 2.48. The zero-order chi connectivity index (χ0) is 14.5. The lowest BCUT2D eigenvalue weighted by Crippen LogP contribution is -2.30. The van der Waals surface area contributed by atoms with Gasteiger partial charge in [-0.3, -0.25) is 11.3 Å². The Bertz CT molecular complexity index is 586. The number of nitrogens with one attached hydrogen (secondary N) is 1. The van der Waals surface area contributed by atoms with E-state index >= 15 is 0 Å². The monoisotopic (exact) mass is 290 g/mol. The van der Waals surface area contributed by atoms with E-state index in [9.17, 15) is 0 Å². The summed E-state index contributed by atoms with van der Waals surface area (Å²) in [5, 5.41) is 0.672. The van der Waals surface area contributed by atoms with Crippen molar-refractivity contribution in [2.75, 3.05) is 7.11 Å². The minimum absolute atomic E-state index is 0.0512. The van der Waals surface area contributed by atoms with Crippen LogP contribution in [0.3, 0.4) is 0 Å². The lowest BCUT2D eigenvalue weighted by atomic mass is 9.96. The van der Waals surface area contributed by atoms with E-state index in [-0.39, 0.29) is 6.04 Å². The number of aryl methyl sites for hydroxylation is 1. The van der Waals surface area contributed by atoms with E-state index in [1.807, 2.05) is 30.3 Å². The van der Waals surface area contributed by atoms with Gasteiger partial charge in [-0.1, -0.05) is 35.9 Å². The fourth-order valence-electron chi connectivity index (χ4n) is 2.30. The molecule has 0 bridgehead atoms. The lowest BCUT2D eigenvalue weighted by Gasteiger charge is -2.20. The van der Waals surface area contributed by atoms with Gasteiger partial charge >= 0.3 is 0 Å². The second kappa shape index (κ2) is 6.75. The average molecular weight is 291 g/mol. The molecule has 0 heterocycles. The molecule has 0 radical (unpaired) electrons. The van der Waals surface area contributed by atoms with Crippen molar-refractivity contribution in [1.29, 1.82) is 0 Å². The van der Waals surface area contributed by atoms with Crippen LogP contribution in [0.25, 0.3) is 0 Å². The standard InChI is InChI=1S/C16H19ClN2O/c1-11-5-3-4-6-12(11)9-15(19-18)14-10-13(17)7-8-16(14)20-2/h3-8,10,15,19H,9,18H2,1-2H3. The number of hydrogen-bond donors (Lipinski definition) is 2. The quantitative estimate of drug-likeness (QED) is 0.655. The molecule has 2 aromatic rings. The van der Waals surface area contributed by atoms with Crippen molar-refractivity contribution in [3.8, 4) is 5.75 Å². The minimum Gasteiger partial charge on any atom is -0.496 e. The van der Waals surface area contributed by atoms with Crippen molar-refractivity contribution in [2.45, 2.75) is 19.4 Å². The molecule has 1 atom stereocenters. The fraction of sp³-hybridized carbons (Fsp3) is 0.250. The molecule has 0 aliphatic heterocycles. The average Bonchev–Trinajstić information content (AvgIpc) is 2.46. The Morgan fingerprint density at radius 1 is 1.25 bits per heavy atom. The lowest BCUT2D eigenvalue weighted by molar-refractivity contribution is 0.399. The molecular weight excluding hydrogens is 272 g/mol. The zero-order valence-electron chi connectivity index (χ0n) is 11.7. The topological polar surface area (TPSA) is 47.3 Å². The number of hydrazine groups is 1. The van der Waals surface area contributed by atoms with Crippen molar-refractivity contribution < 1.29 is 4.74 Å². The summed E-state index contributed by atoms with van der Waals surface area (Å²) < 4.78 is 5.40. The molecule has 0 aliphatic rings.